The summed E-state index contributed by atoms with van der Waals surface area (Å²) >= 11 is 0. The summed E-state index contributed by atoms with van der Waals surface area (Å²) in [5, 5.41) is 0. The van der Waals surface area contributed by atoms with Crippen LogP contribution < -0.4 is 0 Å². The van der Waals surface area contributed by atoms with E-state index in [4.69, 9.17) is 0 Å². The Kier molecular flexibility index (Phi) is 4.56. The molecule has 0 aliphatic heterocycles. The molecule has 5 rings (SSSR count). The Bertz CT molecular complexity index is 939. The minimum Gasteiger partial charge on any atom is -0.248 e. The smallest absolute Gasteiger partial charge is 0.189 e. The molecule has 25 heavy (non-hydrogen) atoms. The van der Waals surface area contributed by atoms with Crippen LogP contribution in [0.3, 0.4) is 0 Å². The number of hydrogen-bond donors (Lipinski definition) is 0. The summed E-state index contributed by atoms with van der Waals surface area (Å²) in [6.07, 6.45) is 12.4. The molecule has 0 bridgehead atoms. The third-order valence-corrected chi connectivity index (χ3v) is 5.89. The van der Waals surface area contributed by atoms with Crippen molar-refractivity contribution in [1.29, 1.82) is 0 Å². The van der Waals surface area contributed by atoms with Crippen molar-refractivity contribution in [3.05, 3.63) is 58.9 Å². The van der Waals surface area contributed by atoms with Crippen molar-refractivity contribution >= 4 is 11.0 Å². The fraction of sp³-hybridized carbons (Fsp3) is 0.409. The molecule has 2 nitrogen and oxygen atoms in total. The van der Waals surface area contributed by atoms with Gasteiger partial charge in [-0.05, 0) is 43.2 Å². The maximum Gasteiger partial charge on any atom is 0.189 e. The number of benzene rings is 2. The second-order valence-corrected chi connectivity index (χ2v) is 7.49. The monoisotopic (exact) mass is 509 g/mol. The second kappa shape index (κ2) is 6.70. The summed E-state index contributed by atoms with van der Waals surface area (Å²) in [6.45, 7) is 0. The maximum absolute atomic E-state index is 3.55. The zero-order chi connectivity index (χ0) is 16.1. The van der Waals surface area contributed by atoms with Crippen LogP contribution in [0.4, 0.5) is 0 Å². The van der Waals surface area contributed by atoms with Gasteiger partial charge in [0.25, 0.3) is 0 Å². The van der Waals surface area contributed by atoms with E-state index >= 15 is 0 Å². The van der Waals surface area contributed by atoms with Crippen LogP contribution in [0, 0.1) is 6.07 Å². The average molecular weight is 509 g/mol. The predicted molar refractivity (Wildman–Crippen MR) is 98.8 cm³/mol. The number of hydrogen-bond acceptors (Lipinski definition) is 0. The van der Waals surface area contributed by atoms with Gasteiger partial charge in [-0.2, -0.15) is 11.6 Å². The number of nitrogens with zero attached hydrogens (tertiary/aromatic N) is 2. The van der Waals surface area contributed by atoms with Crippen LogP contribution in [0.1, 0.15) is 47.9 Å². The van der Waals surface area contributed by atoms with Gasteiger partial charge in [0.05, 0.1) is 0 Å². The van der Waals surface area contributed by atoms with Crippen molar-refractivity contribution in [1.82, 2.24) is 9.13 Å². The van der Waals surface area contributed by atoms with Crippen LogP contribution in [-0.2, 0) is 52.8 Å². The van der Waals surface area contributed by atoms with E-state index in [9.17, 15) is 0 Å². The Labute approximate surface area is 163 Å². The molecule has 0 saturated heterocycles. The molecular weight excluding hydrogens is 484 g/mol. The van der Waals surface area contributed by atoms with Gasteiger partial charge in [-0.3, -0.25) is 0 Å². The Morgan fingerprint density at radius 1 is 0.800 bits per heavy atom. The summed E-state index contributed by atoms with van der Waals surface area (Å²) in [6, 6.07) is 13.0. The van der Waals surface area contributed by atoms with E-state index in [1.807, 2.05) is 0 Å². The fourth-order valence-corrected chi connectivity index (χ4v) is 4.51. The molecule has 0 atom stereocenters. The first-order valence-corrected chi connectivity index (χ1v) is 9.36. The summed E-state index contributed by atoms with van der Waals surface area (Å²) in [5.74, 6) is 0. The second-order valence-electron chi connectivity index (χ2n) is 7.49. The molecule has 1 radical (unpaired) electrons. The molecule has 0 unspecified atom stereocenters. The number of rotatable bonds is 1. The van der Waals surface area contributed by atoms with E-state index in [0.29, 0.717) is 0 Å². The van der Waals surface area contributed by atoms with E-state index in [2.05, 4.69) is 52.8 Å². The topological polar surface area (TPSA) is 9.86 Å². The van der Waals surface area contributed by atoms with Crippen LogP contribution in [0.5, 0.6) is 0 Å². The van der Waals surface area contributed by atoms with E-state index in [1.54, 1.807) is 11.1 Å². The zero-order valence-electron chi connectivity index (χ0n) is 14.8. The molecular formula is C22H24IrN2. The number of fused-ring (bicyclic) bond motifs is 3. The predicted octanol–water partition coefficient (Wildman–Crippen LogP) is 4.81. The van der Waals surface area contributed by atoms with Gasteiger partial charge in [0, 0.05) is 45.0 Å². The Morgan fingerprint density at radius 2 is 1.36 bits per heavy atom. The van der Waals surface area contributed by atoms with Crippen LogP contribution in [-0.4, -0.2) is 9.13 Å². The van der Waals surface area contributed by atoms with Crippen LogP contribution >= 0.6 is 0 Å². The molecule has 0 saturated carbocycles. The molecule has 3 aromatic rings. The van der Waals surface area contributed by atoms with Crippen molar-refractivity contribution in [3.8, 4) is 5.69 Å². The summed E-state index contributed by atoms with van der Waals surface area (Å²) < 4.78 is 4.59. The first-order chi connectivity index (χ1) is 11.8. The fourth-order valence-electron chi connectivity index (χ4n) is 4.51. The molecule has 2 aromatic carbocycles. The molecule has 0 fully saturated rings. The summed E-state index contributed by atoms with van der Waals surface area (Å²) in [7, 11) is 2.16. The molecule has 0 spiro atoms. The van der Waals surface area contributed by atoms with Crippen LogP contribution in [0.25, 0.3) is 16.7 Å². The number of aryl methyl sites for hydroxylation is 5. The van der Waals surface area contributed by atoms with Crippen LogP contribution in [0.15, 0.2) is 30.6 Å². The largest absolute Gasteiger partial charge is 0.248 e. The zero-order valence-corrected chi connectivity index (χ0v) is 17.2. The molecule has 131 valence electrons. The third kappa shape index (κ3) is 2.88. The molecule has 0 amide bonds. The van der Waals surface area contributed by atoms with Gasteiger partial charge in [0.1, 0.15) is 0 Å². The van der Waals surface area contributed by atoms with E-state index in [1.165, 1.54) is 79.2 Å². The van der Waals surface area contributed by atoms with Gasteiger partial charge in [-0.25, -0.2) is 9.13 Å². The van der Waals surface area contributed by atoms with Crippen molar-refractivity contribution in [3.63, 3.8) is 0 Å². The number of imidazole rings is 1. The van der Waals surface area contributed by atoms with Gasteiger partial charge >= 0.3 is 0 Å². The summed E-state index contributed by atoms with van der Waals surface area (Å²) in [4.78, 5) is 0. The van der Waals surface area contributed by atoms with Crippen molar-refractivity contribution in [2.45, 2.75) is 51.4 Å². The molecule has 0 N–H and O–H groups in total. The van der Waals surface area contributed by atoms with Crippen molar-refractivity contribution in [2.75, 3.05) is 0 Å². The molecule has 1 heterocycles. The van der Waals surface area contributed by atoms with E-state index in [0.717, 1.165) is 0 Å². The van der Waals surface area contributed by atoms with Crippen molar-refractivity contribution in [2.24, 2.45) is 7.05 Å². The molecule has 3 heteroatoms. The quantitative estimate of drug-likeness (QED) is 0.418. The summed E-state index contributed by atoms with van der Waals surface area (Å²) in [5.41, 5.74) is 9.98. The van der Waals surface area contributed by atoms with Crippen molar-refractivity contribution < 1.29 is 20.1 Å². The van der Waals surface area contributed by atoms with Gasteiger partial charge in [0.2, 0.25) is 0 Å². The average Bonchev–Trinajstić information content (AvgIpc) is 2.95. The minimum absolute atomic E-state index is 0. The molecule has 2 aliphatic rings. The van der Waals surface area contributed by atoms with Gasteiger partial charge in [-0.15, -0.1) is 11.6 Å². The van der Waals surface area contributed by atoms with E-state index < -0.39 is 0 Å². The maximum atomic E-state index is 3.55. The molecule has 1 aromatic heterocycles. The minimum atomic E-state index is 0. The normalized spacial score (nSPS) is 16.2. The Balaban J connectivity index is 0.00000157. The molecule has 2 aliphatic carbocycles. The Morgan fingerprint density at radius 3 is 2.04 bits per heavy atom. The number of aromatic nitrogens is 2. The SMILES string of the molecule is Cn1[cH+]n(-c2[c-]cc3c(c2)CCCC3)c2cc3c(cc21)CCCC3.[Ir]. The van der Waals surface area contributed by atoms with E-state index in [-0.39, 0.29) is 20.1 Å². The van der Waals surface area contributed by atoms with Gasteiger partial charge in [0.15, 0.2) is 17.4 Å². The third-order valence-electron chi connectivity index (χ3n) is 5.89. The van der Waals surface area contributed by atoms with Crippen LogP contribution in [0.2, 0.25) is 0 Å². The Hall–Kier alpha value is -1.44. The standard InChI is InChI=1S/C22H24N2.Ir/c1-23-15-24(20-11-10-16-6-2-3-7-17(16)12-20)22-14-19-9-5-4-8-18(19)13-21(22)23;/h10,12-15H,2-9H2,1H3;. The van der Waals surface area contributed by atoms with Gasteiger partial charge in [-0.1, -0.05) is 25.3 Å². The van der Waals surface area contributed by atoms with Gasteiger partial charge < -0.3 is 0 Å². The first-order valence-electron chi connectivity index (χ1n) is 9.36. The first kappa shape index (κ1) is 17.0.